The van der Waals surface area contributed by atoms with Crippen LogP contribution in [0.15, 0.2) is 24.3 Å². The number of benzene rings is 1. The fraction of sp³-hybridized carbons (Fsp3) is 0.600. The minimum Gasteiger partial charge on any atom is -0.396 e. The van der Waals surface area contributed by atoms with E-state index in [9.17, 15) is 5.11 Å². The van der Waals surface area contributed by atoms with Crippen molar-refractivity contribution in [2.24, 2.45) is 5.41 Å². The molecule has 1 aliphatic rings. The van der Waals surface area contributed by atoms with E-state index in [0.717, 1.165) is 6.42 Å². The Kier molecular flexibility index (Phi) is 3.85. The van der Waals surface area contributed by atoms with Crippen LogP contribution in [0.25, 0.3) is 0 Å². The van der Waals surface area contributed by atoms with Crippen LogP contribution in [0.2, 0.25) is 0 Å². The van der Waals surface area contributed by atoms with Gasteiger partial charge >= 0.3 is 0 Å². The molecule has 0 spiro atoms. The van der Waals surface area contributed by atoms with E-state index in [1.54, 1.807) is 0 Å². The highest BCUT2D eigenvalue weighted by molar-refractivity contribution is 5.26. The van der Waals surface area contributed by atoms with Crippen molar-refractivity contribution in [2.45, 2.75) is 32.6 Å². The number of aliphatic hydroxyl groups is 1. The number of ether oxygens (including phenoxy) is 1. The van der Waals surface area contributed by atoms with E-state index in [1.807, 2.05) is 0 Å². The molecule has 2 heteroatoms. The molecule has 2 nitrogen and oxygen atoms in total. The smallest absolute Gasteiger partial charge is 0.0570 e. The van der Waals surface area contributed by atoms with Crippen LogP contribution in [0.4, 0.5) is 0 Å². The molecule has 0 radical (unpaired) electrons. The van der Waals surface area contributed by atoms with Crippen molar-refractivity contribution in [2.75, 3.05) is 19.8 Å². The van der Waals surface area contributed by atoms with Gasteiger partial charge in [0.05, 0.1) is 19.8 Å². The lowest BCUT2D eigenvalue weighted by Crippen LogP contribution is -2.47. The topological polar surface area (TPSA) is 29.5 Å². The Hall–Kier alpha value is -0.860. The second kappa shape index (κ2) is 5.19. The molecule has 1 unspecified atom stereocenters. The summed E-state index contributed by atoms with van der Waals surface area (Å²) in [6, 6.07) is 8.82. The van der Waals surface area contributed by atoms with Crippen LogP contribution in [-0.2, 0) is 11.2 Å². The molecular formula is C15H22O2. The molecule has 0 saturated carbocycles. The summed E-state index contributed by atoms with van der Waals surface area (Å²) in [6.07, 6.45) is 2.10. The predicted octanol–water partition coefficient (Wildman–Crippen LogP) is 2.75. The Morgan fingerprint density at radius 1 is 1.29 bits per heavy atom. The van der Waals surface area contributed by atoms with Gasteiger partial charge in [0, 0.05) is 5.41 Å². The van der Waals surface area contributed by atoms with E-state index in [0.29, 0.717) is 19.1 Å². The zero-order chi connectivity index (χ0) is 12.3. The fourth-order valence-corrected chi connectivity index (χ4v) is 2.27. The van der Waals surface area contributed by atoms with Crippen LogP contribution >= 0.6 is 0 Å². The van der Waals surface area contributed by atoms with Gasteiger partial charge in [-0.2, -0.15) is 0 Å². The summed E-state index contributed by atoms with van der Waals surface area (Å²) in [5.74, 6) is 0.628. The summed E-state index contributed by atoms with van der Waals surface area (Å²) >= 11 is 0. The average molecular weight is 234 g/mol. The van der Waals surface area contributed by atoms with E-state index >= 15 is 0 Å². The second-order valence-electron chi connectivity index (χ2n) is 5.38. The van der Waals surface area contributed by atoms with Gasteiger partial charge in [0.15, 0.2) is 0 Å². The van der Waals surface area contributed by atoms with Crippen molar-refractivity contribution in [3.8, 4) is 0 Å². The van der Waals surface area contributed by atoms with Crippen LogP contribution in [0.1, 0.15) is 37.3 Å². The first-order chi connectivity index (χ1) is 8.19. The molecule has 1 aromatic rings. The summed E-state index contributed by atoms with van der Waals surface area (Å²) < 4.78 is 5.22. The van der Waals surface area contributed by atoms with Crippen LogP contribution in [0, 0.1) is 5.41 Å². The molecule has 1 atom stereocenters. The van der Waals surface area contributed by atoms with Crippen molar-refractivity contribution in [1.82, 2.24) is 0 Å². The quantitative estimate of drug-likeness (QED) is 0.849. The summed E-state index contributed by atoms with van der Waals surface area (Å²) in [6.45, 7) is 6.07. The Balaban J connectivity index is 2.03. The summed E-state index contributed by atoms with van der Waals surface area (Å²) in [7, 11) is 0. The predicted molar refractivity (Wildman–Crippen MR) is 69.2 cm³/mol. The van der Waals surface area contributed by atoms with E-state index in [2.05, 4.69) is 38.1 Å². The van der Waals surface area contributed by atoms with Crippen molar-refractivity contribution in [1.29, 1.82) is 0 Å². The lowest BCUT2D eigenvalue weighted by Gasteiger charge is -2.40. The van der Waals surface area contributed by atoms with Gasteiger partial charge in [-0.3, -0.25) is 0 Å². The minimum absolute atomic E-state index is 0.0160. The Morgan fingerprint density at radius 3 is 2.35 bits per heavy atom. The average Bonchev–Trinajstić information content (AvgIpc) is 2.33. The number of rotatable bonds is 5. The van der Waals surface area contributed by atoms with Crippen LogP contribution < -0.4 is 0 Å². The third-order valence-corrected chi connectivity index (χ3v) is 3.89. The van der Waals surface area contributed by atoms with Gasteiger partial charge in [-0.05, 0) is 29.9 Å². The lowest BCUT2D eigenvalue weighted by atomic mass is 9.80. The second-order valence-corrected chi connectivity index (χ2v) is 5.38. The maximum Gasteiger partial charge on any atom is 0.0570 e. The molecule has 2 rings (SSSR count). The Morgan fingerprint density at radius 2 is 1.94 bits per heavy atom. The van der Waals surface area contributed by atoms with Crippen molar-refractivity contribution < 1.29 is 9.84 Å². The molecule has 94 valence electrons. The molecule has 1 aliphatic heterocycles. The summed E-state index contributed by atoms with van der Waals surface area (Å²) in [5.41, 5.74) is 2.69. The molecule has 0 aliphatic carbocycles. The number of hydrogen-bond acceptors (Lipinski definition) is 2. The standard InChI is InChI=1S/C15H22O2/c1-3-12(2)14-6-4-13(5-7-14)8-15(9-16)10-17-11-15/h4-7,12,16H,3,8-11H2,1-2H3. The van der Waals surface area contributed by atoms with Crippen molar-refractivity contribution >= 4 is 0 Å². The van der Waals surface area contributed by atoms with Gasteiger partial charge in [0.2, 0.25) is 0 Å². The molecule has 0 bridgehead atoms. The van der Waals surface area contributed by atoms with Gasteiger partial charge in [0.25, 0.3) is 0 Å². The summed E-state index contributed by atoms with van der Waals surface area (Å²) in [4.78, 5) is 0. The third kappa shape index (κ3) is 2.70. The largest absolute Gasteiger partial charge is 0.396 e. The van der Waals surface area contributed by atoms with Crippen LogP contribution in [-0.4, -0.2) is 24.9 Å². The molecule has 0 amide bonds. The van der Waals surface area contributed by atoms with Gasteiger partial charge in [-0.25, -0.2) is 0 Å². The molecular weight excluding hydrogens is 212 g/mol. The van der Waals surface area contributed by atoms with Crippen LogP contribution in [0.5, 0.6) is 0 Å². The van der Waals surface area contributed by atoms with Gasteiger partial charge in [-0.1, -0.05) is 38.1 Å². The molecule has 1 saturated heterocycles. The molecule has 17 heavy (non-hydrogen) atoms. The fourth-order valence-electron chi connectivity index (χ4n) is 2.27. The Bertz CT molecular complexity index is 346. The first-order valence-electron chi connectivity index (χ1n) is 6.46. The highest BCUT2D eigenvalue weighted by Crippen LogP contribution is 2.31. The molecule has 1 heterocycles. The first-order valence-corrected chi connectivity index (χ1v) is 6.46. The normalized spacial score (nSPS) is 19.7. The zero-order valence-electron chi connectivity index (χ0n) is 10.8. The maximum absolute atomic E-state index is 9.40. The van der Waals surface area contributed by atoms with Gasteiger partial charge in [0.1, 0.15) is 0 Å². The molecule has 1 aromatic carbocycles. The highest BCUT2D eigenvalue weighted by atomic mass is 16.5. The minimum atomic E-state index is -0.0160. The molecule has 0 aromatic heterocycles. The SMILES string of the molecule is CCC(C)c1ccc(CC2(CO)COC2)cc1. The van der Waals surface area contributed by atoms with E-state index in [4.69, 9.17) is 4.74 Å². The van der Waals surface area contributed by atoms with Gasteiger partial charge in [-0.15, -0.1) is 0 Å². The van der Waals surface area contributed by atoms with Crippen LogP contribution in [0.3, 0.4) is 0 Å². The monoisotopic (exact) mass is 234 g/mol. The number of aliphatic hydroxyl groups excluding tert-OH is 1. The van der Waals surface area contributed by atoms with Crippen molar-refractivity contribution in [3.63, 3.8) is 0 Å². The third-order valence-electron chi connectivity index (χ3n) is 3.89. The Labute approximate surface area is 104 Å². The maximum atomic E-state index is 9.40. The number of hydrogen-bond donors (Lipinski definition) is 1. The zero-order valence-corrected chi connectivity index (χ0v) is 10.8. The van der Waals surface area contributed by atoms with Crippen molar-refractivity contribution in [3.05, 3.63) is 35.4 Å². The highest BCUT2D eigenvalue weighted by Gasteiger charge is 2.37. The first kappa shape index (κ1) is 12.6. The van der Waals surface area contributed by atoms with Gasteiger partial charge < -0.3 is 9.84 Å². The summed E-state index contributed by atoms with van der Waals surface area (Å²) in [5, 5.41) is 9.40. The molecule has 1 N–H and O–H groups in total. The van der Waals surface area contributed by atoms with E-state index < -0.39 is 0 Å². The van der Waals surface area contributed by atoms with E-state index in [-0.39, 0.29) is 12.0 Å². The lowest BCUT2D eigenvalue weighted by molar-refractivity contribution is -0.136. The van der Waals surface area contributed by atoms with E-state index in [1.165, 1.54) is 17.5 Å². The molecule has 1 fully saturated rings.